The molecule has 0 amide bonds. The number of alkyl halides is 1. The van der Waals surface area contributed by atoms with Gasteiger partial charge in [-0.3, -0.25) is 5.32 Å². The van der Waals surface area contributed by atoms with Crippen LogP contribution >= 0.6 is 15.9 Å². The van der Waals surface area contributed by atoms with Gasteiger partial charge in [-0.15, -0.1) is 0 Å². The van der Waals surface area contributed by atoms with Crippen molar-refractivity contribution in [3.8, 4) is 12.3 Å². The van der Waals surface area contributed by atoms with E-state index in [0.717, 1.165) is 0 Å². The Hall–Kier alpha value is -3.37. The number of nitriles is 2. The Kier molecular flexibility index (Phi) is 4.61. The molecule has 1 aromatic heterocycles. The third kappa shape index (κ3) is 2.87. The summed E-state index contributed by atoms with van der Waals surface area (Å²) >= 11 is 3.24. The molecule has 0 spiro atoms. The molecule has 3 rings (SSSR count). The number of aromatic nitrogens is 1. The summed E-state index contributed by atoms with van der Waals surface area (Å²) in [6, 6.07) is 5.77. The highest BCUT2D eigenvalue weighted by Crippen LogP contribution is 2.40. The van der Waals surface area contributed by atoms with Crippen LogP contribution < -0.4 is 22.1 Å². The number of guanidine groups is 1. The molecule has 0 saturated heterocycles. The van der Waals surface area contributed by atoms with E-state index in [0.29, 0.717) is 22.0 Å². The molecule has 1 unspecified atom stereocenters. The first kappa shape index (κ1) is 17.5. The van der Waals surface area contributed by atoms with Crippen molar-refractivity contribution in [3.63, 3.8) is 0 Å². The van der Waals surface area contributed by atoms with E-state index >= 15 is 0 Å². The van der Waals surface area contributed by atoms with E-state index in [-0.39, 0.29) is 34.7 Å². The number of aliphatic imine (C=N–C) groups is 1. The number of nitrogens with one attached hydrogen (secondary N) is 2. The average molecular weight is 415 g/mol. The molecule has 1 aromatic carbocycles. The van der Waals surface area contributed by atoms with Crippen LogP contribution in [-0.2, 0) is 5.33 Å². The molecule has 0 aliphatic carbocycles. The minimum atomic E-state index is -0.694. The highest BCUT2D eigenvalue weighted by molar-refractivity contribution is 9.08. The molecule has 0 radical (unpaired) electrons. The van der Waals surface area contributed by atoms with Gasteiger partial charge in [0, 0.05) is 10.9 Å². The molecule has 6 N–H and O–H groups in total. The number of benzene rings is 1. The molecule has 2 heterocycles. The molecule has 8 nitrogen and oxygen atoms in total. The van der Waals surface area contributed by atoms with Crippen LogP contribution in [-0.4, -0.2) is 10.9 Å². The molecule has 0 saturated carbocycles. The standard InChI is InChI=1S/C16H12BrFN8/c17-4-8-3-7(1-2-10(8)18)13-11-12(21)9(5-19)14(22)25-15(11)26-16(24-13)23-6-20/h1-3,13H,4H2,(H6,21,22,23,24,25,26). The van der Waals surface area contributed by atoms with Crippen molar-refractivity contribution < 1.29 is 4.39 Å². The number of rotatable bonds is 2. The number of pyridine rings is 1. The Bertz CT molecular complexity index is 1000. The largest absolute Gasteiger partial charge is 0.397 e. The van der Waals surface area contributed by atoms with E-state index in [1.807, 2.05) is 6.07 Å². The normalized spacial score (nSPS) is 15.1. The van der Waals surface area contributed by atoms with Crippen molar-refractivity contribution in [1.82, 2.24) is 10.3 Å². The summed E-state index contributed by atoms with van der Waals surface area (Å²) in [4.78, 5) is 8.58. The zero-order valence-corrected chi connectivity index (χ0v) is 14.8. The van der Waals surface area contributed by atoms with Crippen molar-refractivity contribution >= 4 is 39.2 Å². The van der Waals surface area contributed by atoms with Crippen LogP contribution in [0.15, 0.2) is 23.2 Å². The smallest absolute Gasteiger partial charge is 0.211 e. The van der Waals surface area contributed by atoms with Gasteiger partial charge >= 0.3 is 0 Å². The molecule has 26 heavy (non-hydrogen) atoms. The first-order valence-electron chi connectivity index (χ1n) is 7.33. The van der Waals surface area contributed by atoms with Gasteiger partial charge in [0.2, 0.25) is 5.96 Å². The Morgan fingerprint density at radius 2 is 2.12 bits per heavy atom. The maximum absolute atomic E-state index is 13.9. The van der Waals surface area contributed by atoms with E-state index in [9.17, 15) is 9.65 Å². The lowest BCUT2D eigenvalue weighted by Gasteiger charge is -2.26. The van der Waals surface area contributed by atoms with Gasteiger partial charge in [-0.2, -0.15) is 10.5 Å². The monoisotopic (exact) mass is 414 g/mol. The first-order valence-corrected chi connectivity index (χ1v) is 8.45. The van der Waals surface area contributed by atoms with Crippen molar-refractivity contribution in [1.29, 1.82) is 10.5 Å². The third-order valence-corrected chi connectivity index (χ3v) is 4.49. The maximum Gasteiger partial charge on any atom is 0.211 e. The Labute approximate surface area is 156 Å². The maximum atomic E-state index is 13.9. The highest BCUT2D eigenvalue weighted by atomic mass is 79.9. The van der Waals surface area contributed by atoms with E-state index in [4.69, 9.17) is 16.7 Å². The molecule has 130 valence electrons. The SMILES string of the molecule is N#CNC1=NC(c2ccc(F)c(CBr)c2)c2c(nc(N)c(C#N)c2N)N1. The molecule has 10 heteroatoms. The third-order valence-electron chi connectivity index (χ3n) is 3.89. The topological polar surface area (TPSA) is 149 Å². The van der Waals surface area contributed by atoms with Gasteiger partial charge in [-0.05, 0) is 23.3 Å². The number of nitrogen functional groups attached to an aromatic ring is 2. The zero-order valence-electron chi connectivity index (χ0n) is 13.2. The fourth-order valence-corrected chi connectivity index (χ4v) is 3.12. The van der Waals surface area contributed by atoms with Crippen molar-refractivity contribution in [3.05, 3.63) is 46.3 Å². The molecule has 0 bridgehead atoms. The van der Waals surface area contributed by atoms with Crippen molar-refractivity contribution in [2.45, 2.75) is 11.4 Å². The first-order chi connectivity index (χ1) is 12.5. The van der Waals surface area contributed by atoms with E-state index in [1.165, 1.54) is 6.07 Å². The number of fused-ring (bicyclic) bond motifs is 1. The van der Waals surface area contributed by atoms with Crippen LogP contribution in [0.3, 0.4) is 0 Å². The van der Waals surface area contributed by atoms with E-state index in [2.05, 4.69) is 36.5 Å². The molecule has 1 atom stereocenters. The second kappa shape index (κ2) is 6.86. The van der Waals surface area contributed by atoms with Gasteiger partial charge in [0.05, 0.1) is 5.69 Å². The fourth-order valence-electron chi connectivity index (χ4n) is 2.69. The quantitative estimate of drug-likeness (QED) is 0.333. The summed E-state index contributed by atoms with van der Waals surface area (Å²) in [5.41, 5.74) is 13.6. The van der Waals surface area contributed by atoms with Crippen LogP contribution in [0.2, 0.25) is 0 Å². The van der Waals surface area contributed by atoms with Crippen molar-refractivity contribution in [2.75, 3.05) is 16.8 Å². The fraction of sp³-hybridized carbons (Fsp3) is 0.125. The second-order valence-corrected chi connectivity index (χ2v) is 5.95. The minimum absolute atomic E-state index is 0.0338. The minimum Gasteiger partial charge on any atom is -0.397 e. The van der Waals surface area contributed by atoms with Crippen LogP contribution in [0.4, 0.5) is 21.7 Å². The van der Waals surface area contributed by atoms with E-state index < -0.39 is 6.04 Å². The summed E-state index contributed by atoms with van der Waals surface area (Å²) in [6.45, 7) is 0. The molecule has 2 aromatic rings. The molecule has 1 aliphatic rings. The van der Waals surface area contributed by atoms with Gasteiger partial charge in [-0.1, -0.05) is 22.0 Å². The predicted octanol–water partition coefficient (Wildman–Crippen LogP) is 2.09. The zero-order chi connectivity index (χ0) is 18.8. The van der Waals surface area contributed by atoms with Gasteiger partial charge in [0.1, 0.15) is 35.1 Å². The number of hydrogen-bond donors (Lipinski definition) is 4. The van der Waals surface area contributed by atoms with Crippen LogP contribution in [0.25, 0.3) is 0 Å². The Balaban J connectivity index is 2.25. The number of hydrogen-bond acceptors (Lipinski definition) is 8. The van der Waals surface area contributed by atoms with Crippen molar-refractivity contribution in [2.24, 2.45) is 4.99 Å². The van der Waals surface area contributed by atoms with Gasteiger partial charge in [0.15, 0.2) is 6.19 Å². The lowest BCUT2D eigenvalue weighted by molar-refractivity contribution is 0.616. The van der Waals surface area contributed by atoms with Gasteiger partial charge < -0.3 is 16.8 Å². The van der Waals surface area contributed by atoms with Crippen LogP contribution in [0, 0.1) is 28.6 Å². The predicted molar refractivity (Wildman–Crippen MR) is 98.5 cm³/mol. The van der Waals surface area contributed by atoms with Crippen LogP contribution in [0.1, 0.15) is 28.3 Å². The lowest BCUT2D eigenvalue weighted by atomic mass is 9.94. The summed E-state index contributed by atoms with van der Waals surface area (Å²) in [5, 5.41) is 23.7. The second-order valence-electron chi connectivity index (χ2n) is 5.39. The number of nitrogens with two attached hydrogens (primary N) is 2. The summed E-state index contributed by atoms with van der Waals surface area (Å²) in [7, 11) is 0. The Morgan fingerprint density at radius 3 is 2.77 bits per heavy atom. The lowest BCUT2D eigenvalue weighted by Crippen LogP contribution is -2.32. The van der Waals surface area contributed by atoms with E-state index in [1.54, 1.807) is 18.3 Å². The average Bonchev–Trinajstić information content (AvgIpc) is 2.62. The van der Waals surface area contributed by atoms with Gasteiger partial charge in [-0.25, -0.2) is 14.4 Å². The van der Waals surface area contributed by atoms with Gasteiger partial charge in [0.25, 0.3) is 0 Å². The molecular weight excluding hydrogens is 403 g/mol. The number of anilines is 3. The summed E-state index contributed by atoms with van der Waals surface area (Å²) < 4.78 is 13.9. The molecule has 0 fully saturated rings. The highest BCUT2D eigenvalue weighted by Gasteiger charge is 2.29. The van der Waals surface area contributed by atoms with Crippen LogP contribution in [0.5, 0.6) is 0 Å². The molecule has 1 aliphatic heterocycles. The number of nitrogens with zero attached hydrogens (tertiary/aromatic N) is 4. The summed E-state index contributed by atoms with van der Waals surface area (Å²) in [5.74, 6) is 0.0286. The molecular formula is C16H12BrFN8. The number of halogens is 2. The summed E-state index contributed by atoms with van der Waals surface area (Å²) in [6.07, 6.45) is 1.77. The Morgan fingerprint density at radius 1 is 1.35 bits per heavy atom.